The van der Waals surface area contributed by atoms with Gasteiger partial charge in [-0.2, -0.15) is 0 Å². The number of carbonyl (C=O) groups is 1. The number of aromatic hydroxyl groups is 1. The number of phenolic OH excluding ortho intramolecular Hbond substituents is 1. The van der Waals surface area contributed by atoms with Crippen molar-refractivity contribution in [2.75, 3.05) is 26.1 Å². The fraction of sp³-hybridized carbons (Fsp3) is 0.278. The van der Waals surface area contributed by atoms with Crippen LogP contribution in [-0.2, 0) is 6.54 Å². The summed E-state index contributed by atoms with van der Waals surface area (Å²) in [5.41, 5.74) is 1.29. The molecule has 0 aliphatic carbocycles. The second-order valence-corrected chi connectivity index (χ2v) is 5.21. The molecular formula is C18H22N2O4. The van der Waals surface area contributed by atoms with Gasteiger partial charge >= 0.3 is 6.03 Å². The smallest absolute Gasteiger partial charge is 0.321 e. The number of nitrogens with zero attached hydrogens (tertiary/aromatic N) is 1. The lowest BCUT2D eigenvalue weighted by Crippen LogP contribution is -2.30. The number of hydrogen-bond donors (Lipinski definition) is 2. The number of para-hydroxylation sites is 1. The number of carbonyl (C=O) groups excluding carboxylic acids is 1. The van der Waals surface area contributed by atoms with E-state index in [4.69, 9.17) is 9.47 Å². The fourth-order valence-corrected chi connectivity index (χ4v) is 2.21. The molecule has 128 valence electrons. The van der Waals surface area contributed by atoms with Gasteiger partial charge in [-0.05, 0) is 25.1 Å². The van der Waals surface area contributed by atoms with E-state index in [2.05, 4.69) is 5.32 Å². The number of rotatable bonds is 6. The van der Waals surface area contributed by atoms with Crippen molar-refractivity contribution >= 4 is 11.7 Å². The molecule has 0 saturated heterocycles. The van der Waals surface area contributed by atoms with Crippen LogP contribution >= 0.6 is 0 Å². The molecule has 0 saturated carbocycles. The molecule has 0 bridgehead atoms. The van der Waals surface area contributed by atoms with Crippen molar-refractivity contribution < 1.29 is 19.4 Å². The van der Waals surface area contributed by atoms with Crippen LogP contribution in [0.2, 0.25) is 0 Å². The molecule has 24 heavy (non-hydrogen) atoms. The van der Waals surface area contributed by atoms with Gasteiger partial charge in [-0.15, -0.1) is 0 Å². The standard InChI is InChI=1S/C18H22N2O4/c1-4-24-17-11-14(9-10-16(17)23-3)19-18(22)20(2)12-13-7-5-6-8-15(13)21/h5-11,21H,4,12H2,1-3H3,(H,19,22). The van der Waals surface area contributed by atoms with Gasteiger partial charge in [0.25, 0.3) is 0 Å². The van der Waals surface area contributed by atoms with Crippen molar-refractivity contribution in [2.45, 2.75) is 13.5 Å². The van der Waals surface area contributed by atoms with Crippen LogP contribution in [0.1, 0.15) is 12.5 Å². The van der Waals surface area contributed by atoms with E-state index in [9.17, 15) is 9.90 Å². The quantitative estimate of drug-likeness (QED) is 0.851. The first kappa shape index (κ1) is 17.5. The van der Waals surface area contributed by atoms with Crippen LogP contribution in [0.4, 0.5) is 10.5 Å². The van der Waals surface area contributed by atoms with Crippen LogP contribution < -0.4 is 14.8 Å². The number of phenols is 1. The Morgan fingerprint density at radius 2 is 1.96 bits per heavy atom. The van der Waals surface area contributed by atoms with Gasteiger partial charge in [-0.25, -0.2) is 4.79 Å². The maximum Gasteiger partial charge on any atom is 0.321 e. The lowest BCUT2D eigenvalue weighted by Gasteiger charge is -2.19. The zero-order valence-corrected chi connectivity index (χ0v) is 14.1. The Bertz CT molecular complexity index is 703. The average Bonchev–Trinajstić information content (AvgIpc) is 2.57. The molecule has 0 fully saturated rings. The maximum atomic E-state index is 12.3. The number of methoxy groups -OCH3 is 1. The van der Waals surface area contributed by atoms with Crippen LogP contribution in [0, 0.1) is 0 Å². The summed E-state index contributed by atoms with van der Waals surface area (Å²) in [6, 6.07) is 11.8. The van der Waals surface area contributed by atoms with E-state index in [1.807, 2.05) is 13.0 Å². The van der Waals surface area contributed by atoms with E-state index in [1.54, 1.807) is 50.6 Å². The van der Waals surface area contributed by atoms with Crippen molar-refractivity contribution in [2.24, 2.45) is 0 Å². The zero-order chi connectivity index (χ0) is 17.5. The molecule has 2 amide bonds. The molecule has 0 aliphatic rings. The number of urea groups is 1. The Balaban J connectivity index is 2.06. The largest absolute Gasteiger partial charge is 0.508 e. The number of benzene rings is 2. The highest BCUT2D eigenvalue weighted by Crippen LogP contribution is 2.30. The van der Waals surface area contributed by atoms with E-state index >= 15 is 0 Å². The summed E-state index contributed by atoms with van der Waals surface area (Å²) in [5, 5.41) is 12.6. The number of anilines is 1. The summed E-state index contributed by atoms with van der Waals surface area (Å²) in [7, 11) is 3.23. The van der Waals surface area contributed by atoms with Gasteiger partial charge in [0.15, 0.2) is 11.5 Å². The molecule has 0 aromatic heterocycles. The molecule has 2 rings (SSSR count). The minimum absolute atomic E-state index is 0.167. The van der Waals surface area contributed by atoms with E-state index in [1.165, 1.54) is 4.90 Å². The Kier molecular flexibility index (Phi) is 5.89. The average molecular weight is 330 g/mol. The van der Waals surface area contributed by atoms with Gasteiger partial charge in [0, 0.05) is 24.4 Å². The molecule has 0 atom stereocenters. The minimum atomic E-state index is -0.286. The Labute approximate surface area is 141 Å². The Morgan fingerprint density at radius 1 is 1.21 bits per heavy atom. The summed E-state index contributed by atoms with van der Waals surface area (Å²) < 4.78 is 10.7. The van der Waals surface area contributed by atoms with Gasteiger partial charge in [0.1, 0.15) is 5.75 Å². The molecule has 0 spiro atoms. The third-order valence-corrected chi connectivity index (χ3v) is 3.46. The van der Waals surface area contributed by atoms with Crippen molar-refractivity contribution in [3.8, 4) is 17.2 Å². The number of hydrogen-bond acceptors (Lipinski definition) is 4. The molecule has 6 heteroatoms. The second-order valence-electron chi connectivity index (χ2n) is 5.21. The van der Waals surface area contributed by atoms with Gasteiger partial charge in [-0.1, -0.05) is 18.2 Å². The zero-order valence-electron chi connectivity index (χ0n) is 14.1. The van der Waals surface area contributed by atoms with Gasteiger partial charge < -0.3 is 24.8 Å². The summed E-state index contributed by atoms with van der Waals surface area (Å²) >= 11 is 0. The Morgan fingerprint density at radius 3 is 2.62 bits per heavy atom. The predicted molar refractivity (Wildman–Crippen MR) is 92.8 cm³/mol. The molecule has 0 unspecified atom stereocenters. The molecular weight excluding hydrogens is 308 g/mol. The molecule has 6 nitrogen and oxygen atoms in total. The first-order valence-electron chi connectivity index (χ1n) is 7.65. The van der Waals surface area contributed by atoms with E-state index in [-0.39, 0.29) is 11.8 Å². The van der Waals surface area contributed by atoms with Crippen LogP contribution in [-0.4, -0.2) is 36.8 Å². The highest BCUT2D eigenvalue weighted by molar-refractivity contribution is 5.89. The molecule has 0 radical (unpaired) electrons. The van der Waals surface area contributed by atoms with Crippen LogP contribution in [0.25, 0.3) is 0 Å². The lowest BCUT2D eigenvalue weighted by molar-refractivity contribution is 0.220. The molecule has 2 aromatic carbocycles. The topological polar surface area (TPSA) is 71.0 Å². The summed E-state index contributed by atoms with van der Waals surface area (Å²) in [6.45, 7) is 2.68. The summed E-state index contributed by atoms with van der Waals surface area (Å²) in [4.78, 5) is 13.8. The molecule has 0 aliphatic heterocycles. The van der Waals surface area contributed by atoms with Gasteiger partial charge in [0.05, 0.1) is 20.3 Å². The minimum Gasteiger partial charge on any atom is -0.508 e. The van der Waals surface area contributed by atoms with Crippen molar-refractivity contribution in [3.63, 3.8) is 0 Å². The number of nitrogens with one attached hydrogen (secondary N) is 1. The first-order chi connectivity index (χ1) is 11.5. The first-order valence-corrected chi connectivity index (χ1v) is 7.65. The summed E-state index contributed by atoms with van der Waals surface area (Å²) in [6.07, 6.45) is 0. The van der Waals surface area contributed by atoms with E-state index in [0.29, 0.717) is 35.9 Å². The van der Waals surface area contributed by atoms with Crippen LogP contribution in [0.15, 0.2) is 42.5 Å². The number of ether oxygens (including phenoxy) is 2. The van der Waals surface area contributed by atoms with Gasteiger partial charge in [0.2, 0.25) is 0 Å². The predicted octanol–water partition coefficient (Wildman–Crippen LogP) is 3.46. The second kappa shape index (κ2) is 8.10. The highest BCUT2D eigenvalue weighted by Gasteiger charge is 2.13. The Hall–Kier alpha value is -2.89. The molecule has 2 N–H and O–H groups in total. The van der Waals surface area contributed by atoms with Gasteiger partial charge in [-0.3, -0.25) is 0 Å². The van der Waals surface area contributed by atoms with Crippen molar-refractivity contribution in [3.05, 3.63) is 48.0 Å². The normalized spacial score (nSPS) is 10.1. The highest BCUT2D eigenvalue weighted by atomic mass is 16.5. The molecule has 2 aromatic rings. The lowest BCUT2D eigenvalue weighted by atomic mass is 10.2. The van der Waals surface area contributed by atoms with E-state index < -0.39 is 0 Å². The third kappa shape index (κ3) is 4.32. The number of amides is 2. The summed E-state index contributed by atoms with van der Waals surface area (Å²) in [5.74, 6) is 1.35. The SMILES string of the molecule is CCOc1cc(NC(=O)N(C)Cc2ccccc2O)ccc1OC. The van der Waals surface area contributed by atoms with Crippen LogP contribution in [0.5, 0.6) is 17.2 Å². The third-order valence-electron chi connectivity index (χ3n) is 3.46. The van der Waals surface area contributed by atoms with Crippen molar-refractivity contribution in [1.29, 1.82) is 0 Å². The fourth-order valence-electron chi connectivity index (χ4n) is 2.21. The molecule has 0 heterocycles. The van der Waals surface area contributed by atoms with Crippen LogP contribution in [0.3, 0.4) is 0 Å². The van der Waals surface area contributed by atoms with E-state index in [0.717, 1.165) is 0 Å². The maximum absolute atomic E-state index is 12.3. The van der Waals surface area contributed by atoms with Crippen molar-refractivity contribution in [1.82, 2.24) is 4.90 Å². The monoisotopic (exact) mass is 330 g/mol.